The van der Waals surface area contributed by atoms with E-state index in [1.165, 1.54) is 12.1 Å². The highest BCUT2D eigenvalue weighted by atomic mass is 35.5. The van der Waals surface area contributed by atoms with Gasteiger partial charge in [-0.2, -0.15) is 0 Å². The lowest BCUT2D eigenvalue weighted by Gasteiger charge is -2.20. The van der Waals surface area contributed by atoms with E-state index < -0.39 is 4.92 Å². The van der Waals surface area contributed by atoms with Crippen LogP contribution in [0.3, 0.4) is 0 Å². The standard InChI is InChI=1S/C9H12ClN3O2/c1-9(2,3)12-8-6(13(14)15)4-5-7(10)11-8/h4-5H,1-3H3,(H,11,12). The van der Waals surface area contributed by atoms with E-state index in [4.69, 9.17) is 11.6 Å². The lowest BCUT2D eigenvalue weighted by atomic mass is 10.1. The number of nitrogens with one attached hydrogen (secondary N) is 1. The molecule has 0 amide bonds. The summed E-state index contributed by atoms with van der Waals surface area (Å²) in [5.41, 5.74) is -0.378. The van der Waals surface area contributed by atoms with Gasteiger partial charge in [0, 0.05) is 11.6 Å². The number of nitrogens with zero attached hydrogens (tertiary/aromatic N) is 2. The van der Waals surface area contributed by atoms with Crippen LogP contribution in [0.5, 0.6) is 0 Å². The Labute approximate surface area is 92.6 Å². The monoisotopic (exact) mass is 229 g/mol. The summed E-state index contributed by atoms with van der Waals surface area (Å²) in [6.07, 6.45) is 0. The molecule has 0 unspecified atom stereocenters. The van der Waals surface area contributed by atoms with Crippen molar-refractivity contribution in [3.8, 4) is 0 Å². The SMILES string of the molecule is CC(C)(C)Nc1nc(Cl)ccc1[N+](=O)[O-]. The summed E-state index contributed by atoms with van der Waals surface area (Å²) < 4.78 is 0. The number of pyridine rings is 1. The van der Waals surface area contributed by atoms with Crippen molar-refractivity contribution in [2.45, 2.75) is 26.3 Å². The van der Waals surface area contributed by atoms with E-state index in [0.29, 0.717) is 0 Å². The second kappa shape index (κ2) is 4.02. The molecule has 0 bridgehead atoms. The Morgan fingerprint density at radius 3 is 2.53 bits per heavy atom. The van der Waals surface area contributed by atoms with Crippen LogP contribution in [0.1, 0.15) is 20.8 Å². The van der Waals surface area contributed by atoms with E-state index in [1.54, 1.807) is 0 Å². The fourth-order valence-corrected chi connectivity index (χ4v) is 1.17. The smallest absolute Gasteiger partial charge is 0.311 e. The fraction of sp³-hybridized carbons (Fsp3) is 0.444. The van der Waals surface area contributed by atoms with Gasteiger partial charge < -0.3 is 5.32 Å². The number of halogens is 1. The number of hydrogen-bond acceptors (Lipinski definition) is 4. The van der Waals surface area contributed by atoms with Crippen LogP contribution in [0.2, 0.25) is 5.15 Å². The second-order valence-electron chi connectivity index (χ2n) is 4.13. The zero-order valence-electron chi connectivity index (χ0n) is 8.74. The second-order valence-corrected chi connectivity index (χ2v) is 4.52. The fourth-order valence-electron chi connectivity index (χ4n) is 1.02. The van der Waals surface area contributed by atoms with Crippen molar-refractivity contribution in [2.75, 3.05) is 5.32 Å². The van der Waals surface area contributed by atoms with Gasteiger partial charge in [0.15, 0.2) is 0 Å². The molecule has 82 valence electrons. The quantitative estimate of drug-likeness (QED) is 0.481. The molecule has 0 aliphatic heterocycles. The van der Waals surface area contributed by atoms with Gasteiger partial charge in [-0.1, -0.05) is 11.6 Å². The van der Waals surface area contributed by atoms with Crippen LogP contribution < -0.4 is 5.32 Å². The third-order valence-corrected chi connectivity index (χ3v) is 1.74. The lowest BCUT2D eigenvalue weighted by molar-refractivity contribution is -0.384. The van der Waals surface area contributed by atoms with Crippen molar-refractivity contribution >= 4 is 23.1 Å². The molecule has 0 aliphatic rings. The molecule has 0 aromatic carbocycles. The Hall–Kier alpha value is -1.36. The molecule has 0 saturated heterocycles. The summed E-state index contributed by atoms with van der Waals surface area (Å²) >= 11 is 5.68. The molecule has 0 aliphatic carbocycles. The van der Waals surface area contributed by atoms with Gasteiger partial charge in [-0.15, -0.1) is 0 Å². The number of aromatic nitrogens is 1. The molecule has 5 nitrogen and oxygen atoms in total. The molecule has 0 saturated carbocycles. The average Bonchev–Trinajstić information content (AvgIpc) is 1.99. The molecule has 15 heavy (non-hydrogen) atoms. The Kier molecular flexibility index (Phi) is 3.14. The molecule has 1 aromatic rings. The zero-order chi connectivity index (χ0) is 11.6. The minimum absolute atomic E-state index is 0.0747. The summed E-state index contributed by atoms with van der Waals surface area (Å²) in [6, 6.07) is 2.73. The van der Waals surface area contributed by atoms with Crippen LogP contribution in [-0.4, -0.2) is 15.4 Å². The van der Waals surface area contributed by atoms with Gasteiger partial charge in [-0.25, -0.2) is 4.98 Å². The Bertz CT molecular complexity index is 387. The van der Waals surface area contributed by atoms with Gasteiger partial charge >= 0.3 is 5.69 Å². The summed E-state index contributed by atoms with van der Waals surface area (Å²) in [5, 5.41) is 13.9. The van der Waals surface area contributed by atoms with Gasteiger partial charge in [0.05, 0.1) is 4.92 Å². The predicted molar refractivity (Wildman–Crippen MR) is 59.3 cm³/mol. The van der Waals surface area contributed by atoms with E-state index >= 15 is 0 Å². The molecule has 1 rings (SSSR count). The van der Waals surface area contributed by atoms with E-state index in [0.717, 1.165) is 0 Å². The van der Waals surface area contributed by atoms with Gasteiger partial charge in [0.2, 0.25) is 5.82 Å². The summed E-state index contributed by atoms with van der Waals surface area (Å²) in [7, 11) is 0. The van der Waals surface area contributed by atoms with Gasteiger partial charge in [0.25, 0.3) is 0 Å². The van der Waals surface area contributed by atoms with Crippen LogP contribution in [0.25, 0.3) is 0 Å². The predicted octanol–water partition coefficient (Wildman–Crippen LogP) is 2.85. The molecule has 0 fully saturated rings. The van der Waals surface area contributed by atoms with Crippen molar-refractivity contribution in [1.82, 2.24) is 4.98 Å². The van der Waals surface area contributed by atoms with Crippen molar-refractivity contribution in [3.05, 3.63) is 27.4 Å². The van der Waals surface area contributed by atoms with E-state index in [1.807, 2.05) is 20.8 Å². The van der Waals surface area contributed by atoms with Gasteiger partial charge in [-0.3, -0.25) is 10.1 Å². The highest BCUT2D eigenvalue weighted by Crippen LogP contribution is 2.26. The van der Waals surface area contributed by atoms with Gasteiger partial charge in [0.1, 0.15) is 5.15 Å². The molecular weight excluding hydrogens is 218 g/mol. The van der Waals surface area contributed by atoms with Crippen LogP contribution in [0, 0.1) is 10.1 Å². The van der Waals surface area contributed by atoms with E-state index in [-0.39, 0.29) is 22.2 Å². The van der Waals surface area contributed by atoms with Crippen molar-refractivity contribution in [1.29, 1.82) is 0 Å². The average molecular weight is 230 g/mol. The summed E-state index contributed by atoms with van der Waals surface area (Å²) in [6.45, 7) is 5.66. The lowest BCUT2D eigenvalue weighted by Crippen LogP contribution is -2.27. The molecule has 1 aromatic heterocycles. The van der Waals surface area contributed by atoms with Crippen molar-refractivity contribution in [3.63, 3.8) is 0 Å². The maximum Gasteiger partial charge on any atom is 0.311 e. The summed E-state index contributed by atoms with van der Waals surface area (Å²) in [5.74, 6) is 0.194. The topological polar surface area (TPSA) is 68.1 Å². The Balaban J connectivity index is 3.13. The van der Waals surface area contributed by atoms with Crippen LogP contribution in [-0.2, 0) is 0 Å². The molecule has 0 spiro atoms. The third kappa shape index (κ3) is 3.36. The molecule has 1 heterocycles. The highest BCUT2D eigenvalue weighted by molar-refractivity contribution is 6.29. The number of hydrogen-bond donors (Lipinski definition) is 1. The number of nitro groups is 1. The number of rotatable bonds is 2. The number of anilines is 1. The molecule has 0 radical (unpaired) electrons. The van der Waals surface area contributed by atoms with Crippen LogP contribution in [0.4, 0.5) is 11.5 Å². The van der Waals surface area contributed by atoms with Gasteiger partial charge in [-0.05, 0) is 26.8 Å². The normalized spacial score (nSPS) is 11.2. The first-order chi connectivity index (χ1) is 6.79. The Morgan fingerprint density at radius 2 is 2.07 bits per heavy atom. The largest absolute Gasteiger partial charge is 0.360 e. The first kappa shape index (κ1) is 11.7. The third-order valence-electron chi connectivity index (χ3n) is 1.53. The molecule has 0 atom stereocenters. The Morgan fingerprint density at radius 1 is 1.47 bits per heavy atom. The van der Waals surface area contributed by atoms with E-state index in [2.05, 4.69) is 10.3 Å². The maximum atomic E-state index is 10.7. The van der Waals surface area contributed by atoms with Crippen molar-refractivity contribution in [2.24, 2.45) is 0 Å². The van der Waals surface area contributed by atoms with Crippen molar-refractivity contribution < 1.29 is 4.92 Å². The maximum absolute atomic E-state index is 10.7. The summed E-state index contributed by atoms with van der Waals surface area (Å²) in [4.78, 5) is 14.1. The molecule has 6 heteroatoms. The molecule has 1 N–H and O–H groups in total. The van der Waals surface area contributed by atoms with E-state index in [9.17, 15) is 10.1 Å². The van der Waals surface area contributed by atoms with Crippen LogP contribution in [0.15, 0.2) is 12.1 Å². The van der Waals surface area contributed by atoms with Crippen LogP contribution >= 0.6 is 11.6 Å². The highest BCUT2D eigenvalue weighted by Gasteiger charge is 2.20. The first-order valence-corrected chi connectivity index (χ1v) is 4.76. The molecular formula is C9H12ClN3O2. The minimum Gasteiger partial charge on any atom is -0.360 e. The minimum atomic E-state index is -0.489. The first-order valence-electron chi connectivity index (χ1n) is 4.39. The zero-order valence-corrected chi connectivity index (χ0v) is 9.50.